The molecule has 1 aromatic rings. The predicted molar refractivity (Wildman–Crippen MR) is 76.1 cm³/mol. The number of pyridine rings is 1. The molecule has 0 radical (unpaired) electrons. The molecule has 6 heteroatoms. The molecule has 2 heterocycles. The molecule has 1 aromatic heterocycles. The summed E-state index contributed by atoms with van der Waals surface area (Å²) in [5.74, 6) is 0.661. The number of hydrogen-bond donors (Lipinski definition) is 0. The molecule has 18 heavy (non-hydrogen) atoms. The summed E-state index contributed by atoms with van der Waals surface area (Å²) in [4.78, 5) is 6.35. The van der Waals surface area contributed by atoms with Crippen LogP contribution in [0.2, 0.25) is 15.2 Å². The maximum Gasteiger partial charge on any atom is 0.150 e. The quantitative estimate of drug-likeness (QED) is 0.732. The van der Waals surface area contributed by atoms with Gasteiger partial charge in [-0.25, -0.2) is 4.98 Å². The summed E-state index contributed by atoms with van der Waals surface area (Å²) in [6.07, 6.45) is 0.112. The number of rotatable bonds is 1. The molecular formula is C12H15Cl3N2O. The normalized spacial score (nSPS) is 23.2. The molecular weight excluding hydrogens is 295 g/mol. The second-order valence-corrected chi connectivity index (χ2v) is 6.31. The van der Waals surface area contributed by atoms with Crippen LogP contribution < -0.4 is 4.90 Å². The van der Waals surface area contributed by atoms with Crippen molar-refractivity contribution in [3.05, 3.63) is 21.3 Å². The second-order valence-electron chi connectivity index (χ2n) is 5.14. The lowest BCUT2D eigenvalue weighted by Gasteiger charge is -2.42. The first-order valence-electron chi connectivity index (χ1n) is 5.73. The van der Waals surface area contributed by atoms with E-state index >= 15 is 0 Å². The van der Waals surface area contributed by atoms with E-state index < -0.39 is 0 Å². The Bertz CT molecular complexity index is 465. The minimum Gasteiger partial charge on any atom is -0.369 e. The molecule has 1 atom stereocenters. The maximum atomic E-state index is 6.19. The van der Waals surface area contributed by atoms with Gasteiger partial charge in [0, 0.05) is 13.1 Å². The van der Waals surface area contributed by atoms with E-state index in [0.29, 0.717) is 22.4 Å². The highest BCUT2D eigenvalue weighted by Gasteiger charge is 2.33. The third-order valence-electron chi connectivity index (χ3n) is 2.74. The molecule has 2 rings (SSSR count). The van der Waals surface area contributed by atoms with Gasteiger partial charge in [-0.15, -0.1) is 0 Å². The predicted octanol–water partition coefficient (Wildman–Crippen LogP) is 4.05. The molecule has 1 saturated heterocycles. The number of ether oxygens (including phenoxy) is 1. The van der Waals surface area contributed by atoms with Gasteiger partial charge in [-0.05, 0) is 26.8 Å². The van der Waals surface area contributed by atoms with E-state index in [1.807, 2.05) is 20.8 Å². The van der Waals surface area contributed by atoms with Crippen LogP contribution in [-0.2, 0) is 4.74 Å². The number of morpholine rings is 1. The van der Waals surface area contributed by atoms with Crippen LogP contribution in [0.15, 0.2) is 6.07 Å². The van der Waals surface area contributed by atoms with Crippen molar-refractivity contribution in [1.29, 1.82) is 0 Å². The summed E-state index contributed by atoms with van der Waals surface area (Å²) < 4.78 is 5.85. The highest BCUT2D eigenvalue weighted by Crippen LogP contribution is 2.34. The van der Waals surface area contributed by atoms with Crippen molar-refractivity contribution >= 4 is 40.6 Å². The summed E-state index contributed by atoms with van der Waals surface area (Å²) in [7, 11) is 0. The van der Waals surface area contributed by atoms with E-state index in [1.165, 1.54) is 0 Å². The van der Waals surface area contributed by atoms with Gasteiger partial charge >= 0.3 is 0 Å². The van der Waals surface area contributed by atoms with Gasteiger partial charge in [0.2, 0.25) is 0 Å². The molecule has 0 N–H and O–H groups in total. The van der Waals surface area contributed by atoms with Crippen molar-refractivity contribution in [2.45, 2.75) is 32.5 Å². The van der Waals surface area contributed by atoms with E-state index in [0.717, 1.165) is 6.54 Å². The Kier molecular flexibility index (Phi) is 3.98. The van der Waals surface area contributed by atoms with Gasteiger partial charge in [0.25, 0.3) is 0 Å². The topological polar surface area (TPSA) is 25.4 Å². The summed E-state index contributed by atoms with van der Waals surface area (Å²) in [6.45, 7) is 7.55. The molecule has 0 aromatic carbocycles. The zero-order valence-corrected chi connectivity index (χ0v) is 12.8. The molecule has 0 amide bonds. The number of anilines is 1. The maximum absolute atomic E-state index is 6.19. The standard InChI is InChI=1S/C12H15Cl3N2O/c1-7-5-17(6-12(2,3)18-7)11-9(14)4-8(13)10(15)16-11/h4,7H,5-6H2,1-3H3. The first-order valence-corrected chi connectivity index (χ1v) is 6.86. The summed E-state index contributed by atoms with van der Waals surface area (Å²) >= 11 is 18.0. The molecule has 0 aliphatic carbocycles. The SMILES string of the molecule is CC1CN(c2nc(Cl)c(Cl)cc2Cl)CC(C)(C)O1. The van der Waals surface area contributed by atoms with Crippen LogP contribution >= 0.6 is 34.8 Å². The van der Waals surface area contributed by atoms with Gasteiger partial charge in [0.05, 0.1) is 21.8 Å². The smallest absolute Gasteiger partial charge is 0.150 e. The van der Waals surface area contributed by atoms with E-state index in [9.17, 15) is 0 Å². The van der Waals surface area contributed by atoms with Crippen LogP contribution in [0.1, 0.15) is 20.8 Å². The van der Waals surface area contributed by atoms with E-state index in [-0.39, 0.29) is 16.9 Å². The molecule has 100 valence electrons. The number of halogens is 3. The van der Waals surface area contributed by atoms with Gasteiger partial charge in [-0.2, -0.15) is 0 Å². The zero-order chi connectivity index (χ0) is 13.5. The monoisotopic (exact) mass is 308 g/mol. The minimum atomic E-state index is -0.241. The Hall–Kier alpha value is -0.220. The van der Waals surface area contributed by atoms with Gasteiger partial charge in [0.15, 0.2) is 0 Å². The van der Waals surface area contributed by atoms with Gasteiger partial charge in [0.1, 0.15) is 11.0 Å². The average Bonchev–Trinajstić information content (AvgIpc) is 2.20. The van der Waals surface area contributed by atoms with Gasteiger partial charge in [-0.3, -0.25) is 0 Å². The van der Waals surface area contributed by atoms with Crippen molar-refractivity contribution in [1.82, 2.24) is 4.98 Å². The third kappa shape index (κ3) is 3.02. The summed E-state index contributed by atoms with van der Waals surface area (Å²) in [5.41, 5.74) is -0.241. The average molecular weight is 310 g/mol. The number of aromatic nitrogens is 1. The fourth-order valence-electron chi connectivity index (χ4n) is 2.27. The van der Waals surface area contributed by atoms with Gasteiger partial charge < -0.3 is 9.64 Å². The highest BCUT2D eigenvalue weighted by atomic mass is 35.5. The molecule has 1 unspecified atom stereocenters. The zero-order valence-electron chi connectivity index (χ0n) is 10.5. The summed E-state index contributed by atoms with van der Waals surface area (Å²) in [6, 6.07) is 1.63. The van der Waals surface area contributed by atoms with Crippen LogP contribution in [0, 0.1) is 0 Å². The van der Waals surface area contributed by atoms with Crippen molar-refractivity contribution in [3.63, 3.8) is 0 Å². The Morgan fingerprint density at radius 1 is 1.33 bits per heavy atom. The lowest BCUT2D eigenvalue weighted by atomic mass is 10.1. The molecule has 0 spiro atoms. The molecule has 3 nitrogen and oxygen atoms in total. The van der Waals surface area contributed by atoms with Crippen molar-refractivity contribution in [3.8, 4) is 0 Å². The van der Waals surface area contributed by atoms with E-state index in [2.05, 4.69) is 9.88 Å². The van der Waals surface area contributed by atoms with Crippen LogP contribution in [0.4, 0.5) is 5.82 Å². The van der Waals surface area contributed by atoms with Crippen molar-refractivity contribution < 1.29 is 4.74 Å². The molecule has 0 bridgehead atoms. The molecule has 1 fully saturated rings. The van der Waals surface area contributed by atoms with Gasteiger partial charge in [-0.1, -0.05) is 34.8 Å². The third-order valence-corrected chi connectivity index (χ3v) is 3.69. The Labute approximate surface area is 122 Å². The lowest BCUT2D eigenvalue weighted by Crippen LogP contribution is -2.52. The van der Waals surface area contributed by atoms with E-state index in [4.69, 9.17) is 39.5 Å². The number of nitrogens with zero attached hydrogens (tertiary/aromatic N) is 2. The first-order chi connectivity index (χ1) is 8.28. The molecule has 1 aliphatic heterocycles. The second kappa shape index (κ2) is 5.04. The van der Waals surface area contributed by atoms with Crippen molar-refractivity contribution in [2.24, 2.45) is 0 Å². The Morgan fingerprint density at radius 2 is 2.00 bits per heavy atom. The first kappa shape index (κ1) is 14.2. The van der Waals surface area contributed by atoms with Crippen LogP contribution in [-0.4, -0.2) is 29.8 Å². The fraction of sp³-hybridized carbons (Fsp3) is 0.583. The minimum absolute atomic E-state index is 0.112. The van der Waals surface area contributed by atoms with Crippen molar-refractivity contribution in [2.75, 3.05) is 18.0 Å². The van der Waals surface area contributed by atoms with Crippen LogP contribution in [0.25, 0.3) is 0 Å². The molecule has 1 aliphatic rings. The highest BCUT2D eigenvalue weighted by molar-refractivity contribution is 6.42. The molecule has 0 saturated carbocycles. The van der Waals surface area contributed by atoms with Crippen LogP contribution in [0.3, 0.4) is 0 Å². The van der Waals surface area contributed by atoms with E-state index in [1.54, 1.807) is 6.07 Å². The largest absolute Gasteiger partial charge is 0.369 e. The Balaban J connectivity index is 2.34. The fourth-order valence-corrected chi connectivity index (χ4v) is 2.88. The Morgan fingerprint density at radius 3 is 2.61 bits per heavy atom. The summed E-state index contributed by atoms with van der Waals surface area (Å²) in [5, 5.41) is 1.15. The van der Waals surface area contributed by atoms with Crippen LogP contribution in [0.5, 0.6) is 0 Å². The number of hydrogen-bond acceptors (Lipinski definition) is 3. The lowest BCUT2D eigenvalue weighted by molar-refractivity contribution is -0.0751.